The van der Waals surface area contributed by atoms with Crippen molar-refractivity contribution in [2.75, 3.05) is 13.1 Å². The molecule has 1 fully saturated rings. The molecule has 0 radical (unpaired) electrons. The third-order valence-electron chi connectivity index (χ3n) is 3.28. The summed E-state index contributed by atoms with van der Waals surface area (Å²) in [5, 5.41) is 9.10. The minimum atomic E-state index is -1.05. The number of carbonyl (C=O) groups is 2. The first-order chi connectivity index (χ1) is 8.70. The van der Waals surface area contributed by atoms with Crippen LogP contribution in [0.3, 0.4) is 0 Å². The minimum Gasteiger partial charge on any atom is -0.478 e. The van der Waals surface area contributed by atoms with Crippen molar-refractivity contribution in [1.29, 1.82) is 0 Å². The number of aromatic carboxylic acids is 1. The summed E-state index contributed by atoms with van der Waals surface area (Å²) in [6.45, 7) is 1.46. The molecule has 1 heterocycles. The zero-order valence-corrected chi connectivity index (χ0v) is 10.3. The van der Waals surface area contributed by atoms with Crippen LogP contribution in [0.4, 0.5) is 0 Å². The summed E-state index contributed by atoms with van der Waals surface area (Å²) in [6, 6.07) is 6.42. The predicted octanol–water partition coefficient (Wildman–Crippen LogP) is 2.40. The van der Waals surface area contributed by atoms with E-state index in [1.165, 1.54) is 6.07 Å². The van der Waals surface area contributed by atoms with Crippen LogP contribution in [0.2, 0.25) is 0 Å². The van der Waals surface area contributed by atoms with Crippen LogP contribution in [0.15, 0.2) is 24.3 Å². The fourth-order valence-corrected chi connectivity index (χ4v) is 2.30. The van der Waals surface area contributed by atoms with Crippen molar-refractivity contribution >= 4 is 11.9 Å². The van der Waals surface area contributed by atoms with Gasteiger partial charge in [-0.05, 0) is 25.0 Å². The summed E-state index contributed by atoms with van der Waals surface area (Å²) in [5.41, 5.74) is 0.388. The number of hydrogen-bond donors (Lipinski definition) is 1. The van der Waals surface area contributed by atoms with Gasteiger partial charge in [0.2, 0.25) is 0 Å². The highest BCUT2D eigenvalue weighted by atomic mass is 16.4. The Bertz CT molecular complexity index is 448. The SMILES string of the molecule is O=C(O)c1ccccc1C(=O)N1CCCCCC1. The number of amides is 1. The second-order valence-corrected chi connectivity index (χ2v) is 4.56. The van der Waals surface area contributed by atoms with Gasteiger partial charge in [-0.1, -0.05) is 25.0 Å². The molecule has 0 aliphatic carbocycles. The van der Waals surface area contributed by atoms with Crippen LogP contribution >= 0.6 is 0 Å². The van der Waals surface area contributed by atoms with E-state index in [1.807, 2.05) is 0 Å². The first-order valence-electron chi connectivity index (χ1n) is 6.32. The summed E-state index contributed by atoms with van der Waals surface area (Å²) < 4.78 is 0. The lowest BCUT2D eigenvalue weighted by atomic mass is 10.1. The summed E-state index contributed by atoms with van der Waals surface area (Å²) in [5.74, 6) is -1.20. The number of benzene rings is 1. The van der Waals surface area contributed by atoms with Crippen LogP contribution in [0, 0.1) is 0 Å². The molecule has 4 heteroatoms. The molecule has 1 aromatic carbocycles. The Balaban J connectivity index is 2.24. The molecule has 0 unspecified atom stereocenters. The quantitative estimate of drug-likeness (QED) is 0.873. The van der Waals surface area contributed by atoms with Crippen molar-refractivity contribution in [3.63, 3.8) is 0 Å². The van der Waals surface area contributed by atoms with Gasteiger partial charge >= 0.3 is 5.97 Å². The van der Waals surface area contributed by atoms with E-state index in [1.54, 1.807) is 23.1 Å². The lowest BCUT2D eigenvalue weighted by molar-refractivity contribution is 0.0676. The fraction of sp³-hybridized carbons (Fsp3) is 0.429. The summed E-state index contributed by atoms with van der Waals surface area (Å²) >= 11 is 0. The zero-order valence-electron chi connectivity index (χ0n) is 10.3. The summed E-state index contributed by atoms with van der Waals surface area (Å²) in [7, 11) is 0. The molecule has 96 valence electrons. The maximum Gasteiger partial charge on any atom is 0.336 e. The Morgan fingerprint density at radius 1 is 0.944 bits per heavy atom. The Morgan fingerprint density at radius 3 is 2.06 bits per heavy atom. The van der Waals surface area contributed by atoms with Crippen molar-refractivity contribution in [1.82, 2.24) is 4.90 Å². The molecule has 1 aliphatic rings. The van der Waals surface area contributed by atoms with E-state index in [4.69, 9.17) is 5.11 Å². The van der Waals surface area contributed by atoms with E-state index >= 15 is 0 Å². The molecule has 1 aromatic rings. The Morgan fingerprint density at radius 2 is 1.50 bits per heavy atom. The second kappa shape index (κ2) is 5.67. The predicted molar refractivity (Wildman–Crippen MR) is 67.8 cm³/mol. The van der Waals surface area contributed by atoms with E-state index in [2.05, 4.69) is 0 Å². The average molecular weight is 247 g/mol. The van der Waals surface area contributed by atoms with Gasteiger partial charge in [0, 0.05) is 13.1 Å². The highest BCUT2D eigenvalue weighted by molar-refractivity contribution is 6.04. The molecular formula is C14H17NO3. The third kappa shape index (κ3) is 2.70. The number of rotatable bonds is 2. The molecule has 0 spiro atoms. The van der Waals surface area contributed by atoms with Gasteiger partial charge < -0.3 is 10.0 Å². The molecule has 2 rings (SSSR count). The van der Waals surface area contributed by atoms with Crippen molar-refractivity contribution in [3.8, 4) is 0 Å². The first-order valence-corrected chi connectivity index (χ1v) is 6.32. The smallest absolute Gasteiger partial charge is 0.336 e. The molecule has 1 saturated heterocycles. The van der Waals surface area contributed by atoms with Crippen LogP contribution in [-0.2, 0) is 0 Å². The van der Waals surface area contributed by atoms with Gasteiger partial charge in [-0.25, -0.2) is 4.79 Å². The second-order valence-electron chi connectivity index (χ2n) is 4.56. The molecule has 0 atom stereocenters. The molecule has 4 nitrogen and oxygen atoms in total. The topological polar surface area (TPSA) is 57.6 Å². The van der Waals surface area contributed by atoms with E-state index < -0.39 is 5.97 Å². The molecule has 18 heavy (non-hydrogen) atoms. The maximum absolute atomic E-state index is 12.3. The Labute approximate surface area is 106 Å². The summed E-state index contributed by atoms with van der Waals surface area (Å²) in [6.07, 6.45) is 4.29. The largest absolute Gasteiger partial charge is 0.478 e. The van der Waals surface area contributed by atoms with E-state index in [9.17, 15) is 9.59 Å². The van der Waals surface area contributed by atoms with E-state index in [0.717, 1.165) is 38.8 Å². The Hall–Kier alpha value is -1.84. The molecular weight excluding hydrogens is 230 g/mol. The van der Waals surface area contributed by atoms with Gasteiger partial charge in [-0.15, -0.1) is 0 Å². The lowest BCUT2D eigenvalue weighted by Gasteiger charge is -2.21. The van der Waals surface area contributed by atoms with Crippen molar-refractivity contribution in [3.05, 3.63) is 35.4 Å². The third-order valence-corrected chi connectivity index (χ3v) is 3.28. The molecule has 0 saturated carbocycles. The van der Waals surface area contributed by atoms with Gasteiger partial charge in [-0.3, -0.25) is 4.79 Å². The monoisotopic (exact) mass is 247 g/mol. The highest BCUT2D eigenvalue weighted by Crippen LogP contribution is 2.16. The number of hydrogen-bond acceptors (Lipinski definition) is 2. The van der Waals surface area contributed by atoms with Gasteiger partial charge in [0.15, 0.2) is 0 Å². The van der Waals surface area contributed by atoms with E-state index in [-0.39, 0.29) is 11.5 Å². The number of nitrogens with zero attached hydrogens (tertiary/aromatic N) is 1. The van der Waals surface area contributed by atoms with Gasteiger partial charge in [0.25, 0.3) is 5.91 Å². The number of carboxylic acids is 1. The van der Waals surface area contributed by atoms with Gasteiger partial charge in [-0.2, -0.15) is 0 Å². The van der Waals surface area contributed by atoms with Crippen LogP contribution in [0.5, 0.6) is 0 Å². The molecule has 1 N–H and O–H groups in total. The molecule has 1 amide bonds. The number of likely N-dealkylation sites (tertiary alicyclic amines) is 1. The molecule has 0 aromatic heterocycles. The summed E-state index contributed by atoms with van der Waals surface area (Å²) in [4.78, 5) is 25.2. The fourth-order valence-electron chi connectivity index (χ4n) is 2.30. The Kier molecular flexibility index (Phi) is 3.97. The van der Waals surface area contributed by atoms with Crippen molar-refractivity contribution in [2.24, 2.45) is 0 Å². The average Bonchev–Trinajstić information content (AvgIpc) is 2.66. The van der Waals surface area contributed by atoms with Crippen LogP contribution < -0.4 is 0 Å². The van der Waals surface area contributed by atoms with Crippen molar-refractivity contribution in [2.45, 2.75) is 25.7 Å². The van der Waals surface area contributed by atoms with Crippen LogP contribution in [0.1, 0.15) is 46.4 Å². The van der Waals surface area contributed by atoms with E-state index in [0.29, 0.717) is 5.56 Å². The number of carboxylic acid groups (broad SMARTS) is 1. The minimum absolute atomic E-state index is 0.0896. The highest BCUT2D eigenvalue weighted by Gasteiger charge is 2.21. The van der Waals surface area contributed by atoms with Gasteiger partial charge in [0.1, 0.15) is 0 Å². The lowest BCUT2D eigenvalue weighted by Crippen LogP contribution is -2.32. The van der Waals surface area contributed by atoms with Crippen molar-refractivity contribution < 1.29 is 14.7 Å². The van der Waals surface area contributed by atoms with Gasteiger partial charge in [0.05, 0.1) is 11.1 Å². The van der Waals surface area contributed by atoms with Crippen LogP contribution in [0.25, 0.3) is 0 Å². The molecule has 0 bridgehead atoms. The molecule has 1 aliphatic heterocycles. The zero-order chi connectivity index (χ0) is 13.0. The standard InChI is InChI=1S/C14H17NO3/c16-13(15-9-5-1-2-6-10-15)11-7-3-4-8-12(11)14(17)18/h3-4,7-8H,1-2,5-6,9-10H2,(H,17,18). The van der Waals surface area contributed by atoms with Crippen LogP contribution in [-0.4, -0.2) is 35.0 Å². The first kappa shape index (κ1) is 12.6. The number of carbonyl (C=O) groups excluding carboxylic acids is 1. The maximum atomic E-state index is 12.3. The normalized spacial score (nSPS) is 16.1.